The summed E-state index contributed by atoms with van der Waals surface area (Å²) in [4.78, 5) is 17.5. The highest BCUT2D eigenvalue weighted by atomic mass is 19.4. The fourth-order valence-electron chi connectivity index (χ4n) is 3.65. The minimum Gasteiger partial charge on any atom is -0.332 e. The molecule has 1 atom stereocenters. The minimum atomic E-state index is -4.36. The molecule has 0 saturated carbocycles. The summed E-state index contributed by atoms with van der Waals surface area (Å²) in [6.45, 7) is 2.25. The van der Waals surface area contributed by atoms with E-state index in [0.29, 0.717) is 45.6 Å². The summed E-state index contributed by atoms with van der Waals surface area (Å²) >= 11 is 0. The van der Waals surface area contributed by atoms with Gasteiger partial charge in [-0.25, -0.2) is 4.39 Å². The zero-order chi connectivity index (χ0) is 20.1. The average molecular weight is 397 g/mol. The third-order valence-corrected chi connectivity index (χ3v) is 5.10. The van der Waals surface area contributed by atoms with E-state index >= 15 is 0 Å². The third kappa shape index (κ3) is 5.69. The van der Waals surface area contributed by atoms with Gasteiger partial charge in [0.15, 0.2) is 0 Å². The van der Waals surface area contributed by atoms with Crippen molar-refractivity contribution in [2.45, 2.75) is 25.1 Å². The molecule has 2 heterocycles. The maximum atomic E-state index is 12.9. The standard InChI is InChI=1S/C20H23F4N3O/c21-17-7-5-16(6-8-17)3-1-9-25-11-13-26(14-12-25)18-4-2-10-27(19(18)28)15-20(22,23)24/h5-8,18H,2,4,9-15H2/t18-/m1/s1. The van der Waals surface area contributed by atoms with E-state index in [1.807, 2.05) is 4.90 Å². The predicted molar refractivity (Wildman–Crippen MR) is 96.9 cm³/mol. The Morgan fingerprint density at radius 1 is 1.04 bits per heavy atom. The topological polar surface area (TPSA) is 26.8 Å². The number of alkyl halides is 3. The number of hydrogen-bond donors (Lipinski definition) is 0. The summed E-state index contributed by atoms with van der Waals surface area (Å²) in [5.41, 5.74) is 0.748. The van der Waals surface area contributed by atoms with Gasteiger partial charge in [0.25, 0.3) is 0 Å². The first-order valence-corrected chi connectivity index (χ1v) is 9.38. The molecule has 8 heteroatoms. The van der Waals surface area contributed by atoms with Crippen molar-refractivity contribution in [3.8, 4) is 11.8 Å². The second kappa shape index (κ2) is 8.93. The third-order valence-electron chi connectivity index (χ3n) is 5.10. The first-order valence-electron chi connectivity index (χ1n) is 9.38. The molecular formula is C20H23F4N3O. The van der Waals surface area contributed by atoms with Gasteiger partial charge in [-0.1, -0.05) is 11.8 Å². The molecule has 1 aromatic rings. The number of rotatable bonds is 3. The molecule has 0 aliphatic carbocycles. The van der Waals surface area contributed by atoms with E-state index in [1.165, 1.54) is 12.1 Å². The van der Waals surface area contributed by atoms with Crippen LogP contribution in [0.4, 0.5) is 17.6 Å². The lowest BCUT2D eigenvalue weighted by molar-refractivity contribution is -0.168. The van der Waals surface area contributed by atoms with Gasteiger partial charge in [-0.05, 0) is 37.1 Å². The second-order valence-electron chi connectivity index (χ2n) is 7.15. The zero-order valence-electron chi connectivity index (χ0n) is 15.5. The smallest absolute Gasteiger partial charge is 0.332 e. The largest absolute Gasteiger partial charge is 0.406 e. The molecule has 0 N–H and O–H groups in total. The van der Waals surface area contributed by atoms with Crippen LogP contribution in [0.1, 0.15) is 18.4 Å². The van der Waals surface area contributed by atoms with Gasteiger partial charge in [0, 0.05) is 38.3 Å². The molecule has 0 radical (unpaired) electrons. The number of hydrogen-bond acceptors (Lipinski definition) is 3. The average Bonchev–Trinajstić information content (AvgIpc) is 2.65. The van der Waals surface area contributed by atoms with E-state index in [4.69, 9.17) is 0 Å². The van der Waals surface area contributed by atoms with E-state index in [0.717, 1.165) is 10.5 Å². The maximum Gasteiger partial charge on any atom is 0.406 e. The number of carbonyl (C=O) groups is 1. The lowest BCUT2D eigenvalue weighted by atomic mass is 10.0. The Bertz CT molecular complexity index is 731. The Balaban J connectivity index is 1.48. The highest BCUT2D eigenvalue weighted by molar-refractivity contribution is 5.82. The fraction of sp³-hybridized carbons (Fsp3) is 0.550. The van der Waals surface area contributed by atoms with Crippen LogP contribution in [0.15, 0.2) is 24.3 Å². The normalized spacial score (nSPS) is 22.1. The molecule has 2 aliphatic heterocycles. The minimum absolute atomic E-state index is 0.174. The maximum absolute atomic E-state index is 12.9. The number of halogens is 4. The highest BCUT2D eigenvalue weighted by Gasteiger charge is 2.39. The monoisotopic (exact) mass is 397 g/mol. The highest BCUT2D eigenvalue weighted by Crippen LogP contribution is 2.23. The number of piperidine rings is 1. The van der Waals surface area contributed by atoms with E-state index in [1.54, 1.807) is 12.1 Å². The van der Waals surface area contributed by atoms with Gasteiger partial charge in [0.05, 0.1) is 12.6 Å². The molecule has 2 fully saturated rings. The second-order valence-corrected chi connectivity index (χ2v) is 7.15. The van der Waals surface area contributed by atoms with Crippen molar-refractivity contribution >= 4 is 5.91 Å². The molecule has 2 saturated heterocycles. The van der Waals surface area contributed by atoms with Crippen molar-refractivity contribution in [2.75, 3.05) is 45.8 Å². The molecule has 1 amide bonds. The van der Waals surface area contributed by atoms with Crippen LogP contribution in [-0.2, 0) is 4.79 Å². The van der Waals surface area contributed by atoms with E-state index in [-0.39, 0.29) is 12.4 Å². The quantitative estimate of drug-likeness (QED) is 0.579. The molecule has 0 spiro atoms. The fourth-order valence-corrected chi connectivity index (χ4v) is 3.65. The molecule has 2 aliphatic rings. The summed E-state index contributed by atoms with van der Waals surface area (Å²) in [5.74, 6) is 5.34. The van der Waals surface area contributed by atoms with Gasteiger partial charge in [-0.3, -0.25) is 14.6 Å². The summed E-state index contributed by atoms with van der Waals surface area (Å²) in [6, 6.07) is 5.53. The van der Waals surface area contributed by atoms with Gasteiger partial charge in [-0.2, -0.15) is 13.2 Å². The first kappa shape index (κ1) is 20.6. The van der Waals surface area contributed by atoms with Crippen LogP contribution < -0.4 is 0 Å². The number of carbonyl (C=O) groups excluding carboxylic acids is 1. The number of nitrogens with zero attached hydrogens (tertiary/aromatic N) is 3. The van der Waals surface area contributed by atoms with Crippen LogP contribution in [0.25, 0.3) is 0 Å². The molecule has 0 bridgehead atoms. The Labute approximate surface area is 162 Å². The van der Waals surface area contributed by atoms with Gasteiger partial charge in [-0.15, -0.1) is 0 Å². The Hall–Kier alpha value is -2.11. The van der Waals surface area contributed by atoms with Gasteiger partial charge in [0.2, 0.25) is 5.91 Å². The van der Waals surface area contributed by atoms with Crippen LogP contribution in [0, 0.1) is 17.7 Å². The molecule has 4 nitrogen and oxygen atoms in total. The van der Waals surface area contributed by atoms with Crippen molar-refractivity contribution in [3.05, 3.63) is 35.6 Å². The van der Waals surface area contributed by atoms with E-state index in [2.05, 4.69) is 16.7 Å². The lowest BCUT2D eigenvalue weighted by Gasteiger charge is -2.42. The predicted octanol–water partition coefficient (Wildman–Crippen LogP) is 2.35. The van der Waals surface area contributed by atoms with Crippen LogP contribution >= 0.6 is 0 Å². The Morgan fingerprint density at radius 3 is 2.36 bits per heavy atom. The molecule has 28 heavy (non-hydrogen) atoms. The molecule has 0 aromatic heterocycles. The lowest BCUT2D eigenvalue weighted by Crippen LogP contribution is -2.58. The molecule has 0 unspecified atom stereocenters. The Morgan fingerprint density at radius 2 is 1.71 bits per heavy atom. The SMILES string of the molecule is O=C1[C@H](N2CCN(CC#Cc3ccc(F)cc3)CC2)CCCN1CC(F)(F)F. The summed E-state index contributed by atoms with van der Waals surface area (Å²) in [6.07, 6.45) is -3.16. The summed E-state index contributed by atoms with van der Waals surface area (Å²) < 4.78 is 50.8. The van der Waals surface area contributed by atoms with Crippen LogP contribution in [0.2, 0.25) is 0 Å². The van der Waals surface area contributed by atoms with Crippen molar-refractivity contribution < 1.29 is 22.4 Å². The van der Waals surface area contributed by atoms with Crippen molar-refractivity contribution in [1.29, 1.82) is 0 Å². The zero-order valence-corrected chi connectivity index (χ0v) is 15.5. The van der Waals surface area contributed by atoms with E-state index in [9.17, 15) is 22.4 Å². The van der Waals surface area contributed by atoms with Crippen molar-refractivity contribution in [2.24, 2.45) is 0 Å². The summed E-state index contributed by atoms with van der Waals surface area (Å²) in [5, 5.41) is 0. The number of likely N-dealkylation sites (tertiary alicyclic amines) is 1. The van der Waals surface area contributed by atoms with Crippen molar-refractivity contribution in [1.82, 2.24) is 14.7 Å². The summed E-state index contributed by atoms with van der Waals surface area (Å²) in [7, 11) is 0. The van der Waals surface area contributed by atoms with Gasteiger partial charge < -0.3 is 4.90 Å². The number of benzene rings is 1. The van der Waals surface area contributed by atoms with Gasteiger partial charge >= 0.3 is 6.18 Å². The molecule has 3 rings (SSSR count). The van der Waals surface area contributed by atoms with Crippen LogP contribution in [0.5, 0.6) is 0 Å². The Kier molecular flexibility index (Phi) is 6.57. The van der Waals surface area contributed by atoms with E-state index < -0.39 is 24.7 Å². The number of amides is 1. The van der Waals surface area contributed by atoms with Crippen LogP contribution in [-0.4, -0.2) is 78.6 Å². The first-order chi connectivity index (χ1) is 13.3. The van der Waals surface area contributed by atoms with Crippen molar-refractivity contribution in [3.63, 3.8) is 0 Å². The van der Waals surface area contributed by atoms with Crippen LogP contribution in [0.3, 0.4) is 0 Å². The molecular weight excluding hydrogens is 374 g/mol. The number of piperazine rings is 1. The van der Waals surface area contributed by atoms with Gasteiger partial charge in [0.1, 0.15) is 12.4 Å². The molecule has 1 aromatic carbocycles. The molecule has 152 valence electrons.